The van der Waals surface area contributed by atoms with Gasteiger partial charge >= 0.3 is 0 Å². The van der Waals surface area contributed by atoms with Crippen LogP contribution < -0.4 is 15.4 Å². The summed E-state index contributed by atoms with van der Waals surface area (Å²) in [5.41, 5.74) is 0.727. The van der Waals surface area contributed by atoms with E-state index in [1.165, 1.54) is 0 Å². The SMILES string of the molecule is CCOc1ccccc1Nc1cnnc(NC(C)(C)C)n1. The van der Waals surface area contributed by atoms with Gasteiger partial charge in [-0.15, -0.1) is 5.10 Å². The molecule has 2 N–H and O–H groups in total. The smallest absolute Gasteiger partial charge is 0.245 e. The maximum absolute atomic E-state index is 5.58. The Bertz CT molecular complexity index is 595. The molecule has 0 aliphatic heterocycles. The van der Waals surface area contributed by atoms with Gasteiger partial charge in [0.25, 0.3) is 0 Å². The van der Waals surface area contributed by atoms with Crippen molar-refractivity contribution in [2.45, 2.75) is 33.2 Å². The quantitative estimate of drug-likeness (QED) is 0.879. The van der Waals surface area contributed by atoms with E-state index in [1.807, 2.05) is 52.0 Å². The zero-order valence-corrected chi connectivity index (χ0v) is 12.8. The molecule has 0 unspecified atom stereocenters. The largest absolute Gasteiger partial charge is 0.492 e. The molecule has 0 saturated heterocycles. The molecule has 2 aromatic rings. The van der Waals surface area contributed by atoms with E-state index in [2.05, 4.69) is 25.8 Å². The Kier molecular flexibility index (Phi) is 4.57. The Morgan fingerprint density at radius 1 is 1.19 bits per heavy atom. The van der Waals surface area contributed by atoms with Gasteiger partial charge in [0.15, 0.2) is 5.82 Å². The first-order valence-electron chi connectivity index (χ1n) is 6.94. The third-order valence-corrected chi connectivity index (χ3v) is 2.50. The Hall–Kier alpha value is -2.37. The Morgan fingerprint density at radius 3 is 2.67 bits per heavy atom. The molecule has 6 heteroatoms. The van der Waals surface area contributed by atoms with Crippen LogP contribution >= 0.6 is 0 Å². The first kappa shape index (κ1) is 15.0. The lowest BCUT2D eigenvalue weighted by Crippen LogP contribution is -2.27. The number of hydrogen-bond acceptors (Lipinski definition) is 6. The minimum atomic E-state index is -0.121. The van der Waals surface area contributed by atoms with E-state index in [0.29, 0.717) is 18.4 Å². The topological polar surface area (TPSA) is 72.0 Å². The fourth-order valence-electron chi connectivity index (χ4n) is 1.74. The highest BCUT2D eigenvalue weighted by molar-refractivity contribution is 5.63. The van der Waals surface area contributed by atoms with Crippen LogP contribution in [0, 0.1) is 0 Å². The van der Waals surface area contributed by atoms with E-state index in [1.54, 1.807) is 6.20 Å². The van der Waals surface area contributed by atoms with Crippen molar-refractivity contribution in [2.24, 2.45) is 0 Å². The molecular formula is C15H21N5O. The van der Waals surface area contributed by atoms with Gasteiger partial charge in [-0.1, -0.05) is 12.1 Å². The van der Waals surface area contributed by atoms with E-state index < -0.39 is 0 Å². The molecule has 1 heterocycles. The van der Waals surface area contributed by atoms with Gasteiger partial charge in [0.05, 0.1) is 18.5 Å². The molecule has 0 saturated carbocycles. The third kappa shape index (κ3) is 4.59. The molecule has 0 aliphatic rings. The van der Waals surface area contributed by atoms with Crippen molar-refractivity contribution in [2.75, 3.05) is 17.2 Å². The minimum Gasteiger partial charge on any atom is -0.492 e. The van der Waals surface area contributed by atoms with Crippen molar-refractivity contribution in [1.29, 1.82) is 0 Å². The fraction of sp³-hybridized carbons (Fsp3) is 0.400. The van der Waals surface area contributed by atoms with Gasteiger partial charge in [-0.2, -0.15) is 10.1 Å². The summed E-state index contributed by atoms with van der Waals surface area (Å²) < 4.78 is 5.58. The lowest BCUT2D eigenvalue weighted by molar-refractivity contribution is 0.342. The number of anilines is 3. The van der Waals surface area contributed by atoms with Crippen molar-refractivity contribution in [1.82, 2.24) is 15.2 Å². The Morgan fingerprint density at radius 2 is 1.95 bits per heavy atom. The van der Waals surface area contributed by atoms with Gasteiger partial charge in [-0.05, 0) is 39.8 Å². The summed E-state index contributed by atoms with van der Waals surface area (Å²) in [6.45, 7) is 8.69. The van der Waals surface area contributed by atoms with E-state index >= 15 is 0 Å². The maximum Gasteiger partial charge on any atom is 0.245 e. The lowest BCUT2D eigenvalue weighted by atomic mass is 10.1. The van der Waals surface area contributed by atoms with E-state index in [4.69, 9.17) is 4.74 Å². The average molecular weight is 287 g/mol. The molecular weight excluding hydrogens is 266 g/mol. The predicted octanol–water partition coefficient (Wildman–Crippen LogP) is 3.22. The lowest BCUT2D eigenvalue weighted by Gasteiger charge is -2.20. The van der Waals surface area contributed by atoms with E-state index in [-0.39, 0.29) is 5.54 Å². The molecule has 1 aromatic carbocycles. The predicted molar refractivity (Wildman–Crippen MR) is 84.1 cm³/mol. The summed E-state index contributed by atoms with van der Waals surface area (Å²) in [4.78, 5) is 4.40. The number of nitrogens with one attached hydrogen (secondary N) is 2. The molecule has 6 nitrogen and oxygen atoms in total. The van der Waals surface area contributed by atoms with Crippen LogP contribution in [0.3, 0.4) is 0 Å². The van der Waals surface area contributed by atoms with Crippen LogP contribution in [-0.4, -0.2) is 27.3 Å². The number of benzene rings is 1. The summed E-state index contributed by atoms with van der Waals surface area (Å²) in [5, 5.41) is 14.3. The van der Waals surface area contributed by atoms with Crippen molar-refractivity contribution in [3.8, 4) is 5.75 Å². The fourth-order valence-corrected chi connectivity index (χ4v) is 1.74. The van der Waals surface area contributed by atoms with Gasteiger partial charge in [0.1, 0.15) is 5.75 Å². The number of rotatable bonds is 5. The molecule has 0 radical (unpaired) electrons. The highest BCUT2D eigenvalue weighted by atomic mass is 16.5. The number of hydrogen-bond donors (Lipinski definition) is 2. The molecule has 0 fully saturated rings. The summed E-state index contributed by atoms with van der Waals surface area (Å²) in [6, 6.07) is 7.72. The Labute approximate surface area is 125 Å². The third-order valence-electron chi connectivity index (χ3n) is 2.50. The highest BCUT2D eigenvalue weighted by Crippen LogP contribution is 2.26. The number of para-hydroxylation sites is 2. The van der Waals surface area contributed by atoms with Crippen molar-refractivity contribution in [3.63, 3.8) is 0 Å². The Balaban J connectivity index is 2.18. The number of nitrogens with zero attached hydrogens (tertiary/aromatic N) is 3. The van der Waals surface area contributed by atoms with Gasteiger partial charge < -0.3 is 15.4 Å². The molecule has 0 spiro atoms. The van der Waals surface area contributed by atoms with Crippen LogP contribution in [0.25, 0.3) is 0 Å². The van der Waals surface area contributed by atoms with Crippen molar-refractivity contribution >= 4 is 17.5 Å². The number of ether oxygens (including phenoxy) is 1. The first-order valence-corrected chi connectivity index (χ1v) is 6.94. The highest BCUT2D eigenvalue weighted by Gasteiger charge is 2.12. The minimum absolute atomic E-state index is 0.121. The van der Waals surface area contributed by atoms with Crippen LogP contribution in [0.5, 0.6) is 5.75 Å². The second-order valence-electron chi connectivity index (χ2n) is 5.59. The molecule has 112 valence electrons. The average Bonchev–Trinajstić information content (AvgIpc) is 2.40. The molecule has 21 heavy (non-hydrogen) atoms. The van der Waals surface area contributed by atoms with Crippen molar-refractivity contribution in [3.05, 3.63) is 30.5 Å². The molecule has 0 aliphatic carbocycles. The zero-order valence-electron chi connectivity index (χ0n) is 12.8. The zero-order chi connectivity index (χ0) is 15.3. The molecule has 2 rings (SSSR count). The molecule has 1 aromatic heterocycles. The second kappa shape index (κ2) is 6.39. The van der Waals surface area contributed by atoms with Crippen LogP contribution in [-0.2, 0) is 0 Å². The molecule has 0 atom stereocenters. The summed E-state index contributed by atoms with van der Waals surface area (Å²) in [6.07, 6.45) is 1.58. The summed E-state index contributed by atoms with van der Waals surface area (Å²) in [5.74, 6) is 1.88. The maximum atomic E-state index is 5.58. The van der Waals surface area contributed by atoms with Crippen LogP contribution in [0.1, 0.15) is 27.7 Å². The van der Waals surface area contributed by atoms with Crippen LogP contribution in [0.2, 0.25) is 0 Å². The monoisotopic (exact) mass is 287 g/mol. The van der Waals surface area contributed by atoms with Gasteiger partial charge in [0, 0.05) is 5.54 Å². The first-order chi connectivity index (χ1) is 9.98. The standard InChI is InChI=1S/C15H21N5O/c1-5-21-12-9-7-6-8-11(12)17-13-10-16-20-14(18-13)19-15(2,3)4/h6-10H,5H2,1-4H3,(H2,17,18,19,20). The molecule has 0 bridgehead atoms. The molecule has 0 amide bonds. The summed E-state index contributed by atoms with van der Waals surface area (Å²) in [7, 11) is 0. The van der Waals surface area contributed by atoms with Crippen molar-refractivity contribution < 1.29 is 4.74 Å². The van der Waals surface area contributed by atoms with Gasteiger partial charge in [-0.25, -0.2) is 0 Å². The van der Waals surface area contributed by atoms with Gasteiger partial charge in [-0.3, -0.25) is 0 Å². The summed E-state index contributed by atoms with van der Waals surface area (Å²) >= 11 is 0. The van der Waals surface area contributed by atoms with E-state index in [0.717, 1.165) is 11.4 Å². The van der Waals surface area contributed by atoms with Crippen LogP contribution in [0.15, 0.2) is 30.5 Å². The second-order valence-corrected chi connectivity index (χ2v) is 5.59. The normalized spacial score (nSPS) is 11.0. The van der Waals surface area contributed by atoms with Gasteiger partial charge in [0.2, 0.25) is 5.95 Å². The van der Waals surface area contributed by atoms with Crippen LogP contribution in [0.4, 0.5) is 17.5 Å². The van der Waals surface area contributed by atoms with E-state index in [9.17, 15) is 0 Å². The number of aromatic nitrogens is 3.